The lowest BCUT2D eigenvalue weighted by Crippen LogP contribution is -2.04. The van der Waals surface area contributed by atoms with E-state index >= 15 is 0 Å². The molecule has 2 aromatic rings. The molecule has 0 unspecified atom stereocenters. The van der Waals surface area contributed by atoms with Gasteiger partial charge in [-0.15, -0.1) is 0 Å². The summed E-state index contributed by atoms with van der Waals surface area (Å²) in [7, 11) is 0. The van der Waals surface area contributed by atoms with E-state index in [1.165, 1.54) is 24.3 Å². The molecule has 2 rings (SSSR count). The van der Waals surface area contributed by atoms with Gasteiger partial charge in [-0.25, -0.2) is 4.98 Å². The highest BCUT2D eigenvalue weighted by atomic mass is 35.5. The van der Waals surface area contributed by atoms with Gasteiger partial charge >= 0.3 is 6.18 Å². The van der Waals surface area contributed by atoms with Crippen molar-refractivity contribution in [3.05, 3.63) is 47.1 Å². The molecule has 0 amide bonds. The maximum absolute atomic E-state index is 12.5. The average molecular weight is 289 g/mol. The van der Waals surface area contributed by atoms with E-state index in [0.717, 1.165) is 12.1 Å². The van der Waals surface area contributed by atoms with Gasteiger partial charge in [0.25, 0.3) is 0 Å². The molecule has 0 spiro atoms. The molecule has 1 aromatic carbocycles. The Labute approximate surface area is 111 Å². The fraction of sp³-hybridized carbons (Fsp3) is 0.0833. The van der Waals surface area contributed by atoms with Crippen molar-refractivity contribution in [3.63, 3.8) is 0 Å². The van der Waals surface area contributed by atoms with Crippen LogP contribution < -0.4 is 10.5 Å². The number of nitrogens with zero attached hydrogens (tertiary/aromatic N) is 1. The van der Waals surface area contributed by atoms with E-state index in [0.29, 0.717) is 5.69 Å². The number of anilines is 1. The molecule has 0 saturated carbocycles. The third-order valence-corrected chi connectivity index (χ3v) is 2.37. The molecule has 2 N–H and O–H groups in total. The molecule has 0 saturated heterocycles. The Bertz CT molecular complexity index is 582. The molecule has 0 atom stereocenters. The second-order valence-corrected chi connectivity index (χ2v) is 4.08. The average Bonchev–Trinajstić information content (AvgIpc) is 2.26. The van der Waals surface area contributed by atoms with E-state index in [2.05, 4.69) is 4.98 Å². The fourth-order valence-corrected chi connectivity index (χ4v) is 1.61. The van der Waals surface area contributed by atoms with Crippen LogP contribution in [0.4, 0.5) is 18.9 Å². The van der Waals surface area contributed by atoms with E-state index in [1.807, 2.05) is 0 Å². The van der Waals surface area contributed by atoms with Crippen molar-refractivity contribution in [1.82, 2.24) is 4.98 Å². The minimum Gasteiger partial charge on any atom is -0.439 e. The number of alkyl halides is 3. The number of benzene rings is 1. The van der Waals surface area contributed by atoms with Gasteiger partial charge in [0, 0.05) is 11.8 Å². The van der Waals surface area contributed by atoms with Crippen molar-refractivity contribution in [2.24, 2.45) is 0 Å². The first-order chi connectivity index (χ1) is 8.84. The predicted octanol–water partition coefficient (Wildman–Crippen LogP) is 4.13. The number of rotatable bonds is 2. The second kappa shape index (κ2) is 4.97. The quantitative estimate of drug-likeness (QED) is 0.845. The first kappa shape index (κ1) is 13.5. The molecule has 1 heterocycles. The molecule has 100 valence electrons. The van der Waals surface area contributed by atoms with Crippen molar-refractivity contribution in [2.75, 3.05) is 5.73 Å². The molecule has 0 fully saturated rings. The Balaban J connectivity index is 2.28. The first-order valence-electron chi connectivity index (χ1n) is 5.13. The van der Waals surface area contributed by atoms with E-state index < -0.39 is 11.7 Å². The fourth-order valence-electron chi connectivity index (χ4n) is 1.40. The monoisotopic (exact) mass is 288 g/mol. The summed E-state index contributed by atoms with van der Waals surface area (Å²) in [4.78, 5) is 3.80. The number of nitrogen functional groups attached to an aromatic ring is 1. The molecule has 0 aliphatic carbocycles. The van der Waals surface area contributed by atoms with Gasteiger partial charge in [-0.3, -0.25) is 0 Å². The lowest BCUT2D eigenvalue weighted by atomic mass is 10.2. The highest BCUT2D eigenvalue weighted by Gasteiger charge is 2.30. The number of halogens is 4. The molecular weight excluding hydrogens is 281 g/mol. The van der Waals surface area contributed by atoms with Crippen LogP contribution in [0.25, 0.3) is 0 Å². The first-order valence-corrected chi connectivity index (χ1v) is 5.50. The van der Waals surface area contributed by atoms with Gasteiger partial charge < -0.3 is 10.5 Å². The number of aromatic nitrogens is 1. The summed E-state index contributed by atoms with van der Waals surface area (Å²) in [6, 6.07) is 7.22. The molecule has 0 radical (unpaired) electrons. The van der Waals surface area contributed by atoms with Crippen molar-refractivity contribution in [3.8, 4) is 11.6 Å². The van der Waals surface area contributed by atoms with Crippen LogP contribution in [0.15, 0.2) is 36.4 Å². The van der Waals surface area contributed by atoms with E-state index in [1.54, 1.807) is 0 Å². The number of hydrogen-bond donors (Lipinski definition) is 1. The van der Waals surface area contributed by atoms with Crippen LogP contribution in [0.2, 0.25) is 5.15 Å². The number of hydrogen-bond acceptors (Lipinski definition) is 3. The normalized spacial score (nSPS) is 11.4. The summed E-state index contributed by atoms with van der Waals surface area (Å²) in [6.45, 7) is 0. The third-order valence-electron chi connectivity index (χ3n) is 2.18. The summed E-state index contributed by atoms with van der Waals surface area (Å²) < 4.78 is 42.8. The predicted molar refractivity (Wildman–Crippen MR) is 65.2 cm³/mol. The third kappa shape index (κ3) is 3.51. The highest BCUT2D eigenvalue weighted by molar-refractivity contribution is 6.29. The van der Waals surface area contributed by atoms with Gasteiger partial charge in [-0.1, -0.05) is 17.7 Å². The Morgan fingerprint density at radius 2 is 1.89 bits per heavy atom. The van der Waals surface area contributed by atoms with Crippen molar-refractivity contribution >= 4 is 17.3 Å². The molecule has 19 heavy (non-hydrogen) atoms. The van der Waals surface area contributed by atoms with Gasteiger partial charge in [0.15, 0.2) is 0 Å². The Hall–Kier alpha value is -1.95. The van der Waals surface area contributed by atoms with Crippen LogP contribution in [0, 0.1) is 0 Å². The smallest absolute Gasteiger partial charge is 0.416 e. The zero-order valence-electron chi connectivity index (χ0n) is 9.41. The molecule has 0 bridgehead atoms. The van der Waals surface area contributed by atoms with Gasteiger partial charge in [-0.2, -0.15) is 13.2 Å². The summed E-state index contributed by atoms with van der Waals surface area (Å²) in [5, 5.41) is 0.0991. The van der Waals surface area contributed by atoms with Crippen molar-refractivity contribution in [1.29, 1.82) is 0 Å². The molecule has 0 aliphatic heterocycles. The minimum atomic E-state index is -4.43. The summed E-state index contributed by atoms with van der Waals surface area (Å²) in [6.07, 6.45) is -4.43. The van der Waals surface area contributed by atoms with Crippen LogP contribution in [0.5, 0.6) is 11.6 Å². The van der Waals surface area contributed by atoms with Crippen LogP contribution in [-0.4, -0.2) is 4.98 Å². The Morgan fingerprint density at radius 3 is 2.53 bits per heavy atom. The largest absolute Gasteiger partial charge is 0.439 e. The standard InChI is InChI=1S/C12H8ClF3N2O/c13-10-5-8(17)6-11(18-10)19-9-3-1-2-7(4-9)12(14,15)16/h1-6H,(H2,17,18). The highest BCUT2D eigenvalue weighted by Crippen LogP contribution is 2.32. The molecule has 0 aliphatic rings. The van der Waals surface area contributed by atoms with Crippen LogP contribution in [0.3, 0.4) is 0 Å². The Morgan fingerprint density at radius 1 is 1.16 bits per heavy atom. The van der Waals surface area contributed by atoms with Crippen LogP contribution in [0.1, 0.15) is 5.56 Å². The molecular formula is C12H8ClF3N2O. The van der Waals surface area contributed by atoms with E-state index in [9.17, 15) is 13.2 Å². The Kier molecular flexibility index (Phi) is 3.53. The maximum atomic E-state index is 12.5. The lowest BCUT2D eigenvalue weighted by molar-refractivity contribution is -0.137. The van der Waals surface area contributed by atoms with Crippen molar-refractivity contribution in [2.45, 2.75) is 6.18 Å². The van der Waals surface area contributed by atoms with Crippen LogP contribution in [-0.2, 0) is 6.18 Å². The number of nitrogens with two attached hydrogens (primary N) is 1. The van der Waals surface area contributed by atoms with Gasteiger partial charge in [0.1, 0.15) is 10.9 Å². The minimum absolute atomic E-state index is 0.00370. The maximum Gasteiger partial charge on any atom is 0.416 e. The number of ether oxygens (including phenoxy) is 1. The number of pyridine rings is 1. The molecule has 1 aromatic heterocycles. The second-order valence-electron chi connectivity index (χ2n) is 3.69. The van der Waals surface area contributed by atoms with Gasteiger partial charge in [-0.05, 0) is 24.3 Å². The summed E-state index contributed by atoms with van der Waals surface area (Å²) >= 11 is 5.67. The summed E-state index contributed by atoms with van der Waals surface area (Å²) in [5.41, 5.74) is 5.03. The summed E-state index contributed by atoms with van der Waals surface area (Å²) in [5.74, 6) is 0.0355. The van der Waals surface area contributed by atoms with E-state index in [4.69, 9.17) is 22.1 Å². The molecule has 3 nitrogen and oxygen atoms in total. The topological polar surface area (TPSA) is 48.1 Å². The zero-order valence-corrected chi connectivity index (χ0v) is 10.2. The lowest BCUT2D eigenvalue weighted by Gasteiger charge is -2.09. The van der Waals surface area contributed by atoms with Crippen molar-refractivity contribution < 1.29 is 17.9 Å². The van der Waals surface area contributed by atoms with Gasteiger partial charge in [0.2, 0.25) is 5.88 Å². The van der Waals surface area contributed by atoms with Gasteiger partial charge in [0.05, 0.1) is 5.56 Å². The zero-order chi connectivity index (χ0) is 14.0. The van der Waals surface area contributed by atoms with Crippen LogP contribution >= 0.6 is 11.6 Å². The SMILES string of the molecule is Nc1cc(Cl)nc(Oc2cccc(C(F)(F)F)c2)c1. The molecule has 7 heteroatoms. The van der Waals surface area contributed by atoms with E-state index in [-0.39, 0.29) is 16.8 Å².